The van der Waals surface area contributed by atoms with Crippen LogP contribution in [0.15, 0.2) is 38.0 Å². The van der Waals surface area contributed by atoms with Crippen LogP contribution in [-0.4, -0.2) is 6.54 Å². The Balaban J connectivity index is 2.52. The lowest BCUT2D eigenvalue weighted by molar-refractivity contribution is 0.603. The van der Waals surface area contributed by atoms with E-state index in [1.165, 1.54) is 0 Å². The highest BCUT2D eigenvalue weighted by molar-refractivity contribution is 9.10. The summed E-state index contributed by atoms with van der Waals surface area (Å²) in [5, 5.41) is 2.10. The topological polar surface area (TPSA) is 52.3 Å². The molecule has 1 atom stereocenters. The Morgan fingerprint density at radius 3 is 2.53 bits per heavy atom. The second-order valence-electron chi connectivity index (χ2n) is 4.19. The molecule has 0 saturated heterocycles. The van der Waals surface area contributed by atoms with Crippen molar-refractivity contribution in [3.05, 3.63) is 34.7 Å². The largest absolute Gasteiger partial charge is 0.464 e. The van der Waals surface area contributed by atoms with E-state index in [4.69, 9.17) is 14.6 Å². The van der Waals surface area contributed by atoms with Gasteiger partial charge >= 0.3 is 0 Å². The van der Waals surface area contributed by atoms with E-state index in [2.05, 4.69) is 22.9 Å². The highest BCUT2D eigenvalue weighted by Crippen LogP contribution is 2.40. The average Bonchev–Trinajstić information content (AvgIpc) is 2.96. The van der Waals surface area contributed by atoms with Crippen molar-refractivity contribution in [3.63, 3.8) is 0 Å². The molecule has 0 aliphatic heterocycles. The normalized spacial score (nSPS) is 13.6. The number of fused-ring (bicyclic) bond motifs is 2. The van der Waals surface area contributed by atoms with Crippen molar-refractivity contribution in [2.24, 2.45) is 5.73 Å². The number of halogens is 1. The maximum absolute atomic E-state index is 5.78. The summed E-state index contributed by atoms with van der Waals surface area (Å²) in [6.07, 6.45) is 3.39. The predicted molar refractivity (Wildman–Crippen MR) is 71.2 cm³/mol. The van der Waals surface area contributed by atoms with Crippen LogP contribution in [0.5, 0.6) is 0 Å². The SMILES string of the molecule is CC(CN)c1c2ccoc2c(Br)c2ccoc12. The average molecular weight is 294 g/mol. The van der Waals surface area contributed by atoms with Gasteiger partial charge in [-0.1, -0.05) is 6.92 Å². The second-order valence-corrected chi connectivity index (χ2v) is 4.98. The van der Waals surface area contributed by atoms with E-state index in [-0.39, 0.29) is 5.92 Å². The van der Waals surface area contributed by atoms with Crippen molar-refractivity contribution in [2.45, 2.75) is 12.8 Å². The molecule has 17 heavy (non-hydrogen) atoms. The van der Waals surface area contributed by atoms with Crippen LogP contribution in [0, 0.1) is 0 Å². The minimum atomic E-state index is 0.233. The summed E-state index contributed by atoms with van der Waals surface area (Å²) in [7, 11) is 0. The van der Waals surface area contributed by atoms with Gasteiger partial charge in [0.15, 0.2) is 0 Å². The van der Waals surface area contributed by atoms with E-state index in [9.17, 15) is 0 Å². The summed E-state index contributed by atoms with van der Waals surface area (Å²) in [4.78, 5) is 0. The highest BCUT2D eigenvalue weighted by atomic mass is 79.9. The Labute approximate surface area is 107 Å². The molecule has 0 bridgehead atoms. The monoisotopic (exact) mass is 293 g/mol. The fraction of sp³-hybridized carbons (Fsp3) is 0.231. The second kappa shape index (κ2) is 3.89. The molecule has 0 radical (unpaired) electrons. The van der Waals surface area contributed by atoms with Crippen molar-refractivity contribution >= 4 is 37.9 Å². The van der Waals surface area contributed by atoms with Gasteiger partial charge in [0, 0.05) is 16.3 Å². The molecule has 1 unspecified atom stereocenters. The Kier molecular flexibility index (Phi) is 2.49. The fourth-order valence-electron chi connectivity index (χ4n) is 2.23. The number of nitrogens with two attached hydrogens (primary N) is 1. The number of rotatable bonds is 2. The van der Waals surface area contributed by atoms with Crippen LogP contribution >= 0.6 is 15.9 Å². The number of benzene rings is 1. The molecule has 0 aliphatic carbocycles. The molecule has 2 heterocycles. The molecule has 0 aliphatic rings. The van der Waals surface area contributed by atoms with Crippen molar-refractivity contribution in [1.29, 1.82) is 0 Å². The van der Waals surface area contributed by atoms with Crippen LogP contribution < -0.4 is 5.73 Å². The summed E-state index contributed by atoms with van der Waals surface area (Å²) in [5.74, 6) is 0.233. The van der Waals surface area contributed by atoms with Crippen molar-refractivity contribution in [3.8, 4) is 0 Å². The summed E-state index contributed by atoms with van der Waals surface area (Å²) in [5.41, 5.74) is 8.65. The van der Waals surface area contributed by atoms with Gasteiger partial charge in [0.2, 0.25) is 0 Å². The standard InChI is InChI=1S/C13H12BrNO2/c1-7(6-15)10-8-2-4-17-13(8)11(14)9-3-5-16-12(9)10/h2-5,7H,6,15H2,1H3. The van der Waals surface area contributed by atoms with Crippen LogP contribution in [0.2, 0.25) is 0 Å². The number of hydrogen-bond acceptors (Lipinski definition) is 3. The molecule has 2 N–H and O–H groups in total. The first-order chi connectivity index (χ1) is 8.24. The van der Waals surface area contributed by atoms with Gasteiger partial charge in [0.25, 0.3) is 0 Å². The summed E-state index contributed by atoms with van der Waals surface area (Å²) in [6.45, 7) is 2.68. The Bertz CT molecular complexity index is 631. The van der Waals surface area contributed by atoms with Crippen molar-refractivity contribution in [1.82, 2.24) is 0 Å². The van der Waals surface area contributed by atoms with Crippen molar-refractivity contribution < 1.29 is 8.83 Å². The van der Waals surface area contributed by atoms with Gasteiger partial charge in [-0.25, -0.2) is 0 Å². The maximum atomic E-state index is 5.78. The fourth-order valence-corrected chi connectivity index (χ4v) is 2.85. The van der Waals surface area contributed by atoms with Gasteiger partial charge in [0.05, 0.1) is 17.0 Å². The molecular weight excluding hydrogens is 282 g/mol. The van der Waals surface area contributed by atoms with Gasteiger partial charge in [-0.15, -0.1) is 0 Å². The zero-order valence-corrected chi connectivity index (χ0v) is 11.0. The maximum Gasteiger partial charge on any atom is 0.149 e. The van der Waals surface area contributed by atoms with Gasteiger partial charge < -0.3 is 14.6 Å². The molecule has 3 rings (SSSR count). The lowest BCUT2D eigenvalue weighted by Crippen LogP contribution is -2.09. The molecule has 0 amide bonds. The zero-order valence-electron chi connectivity index (χ0n) is 9.37. The molecule has 1 aromatic carbocycles. The van der Waals surface area contributed by atoms with Crippen LogP contribution in [0.4, 0.5) is 0 Å². The zero-order chi connectivity index (χ0) is 12.0. The first-order valence-corrected chi connectivity index (χ1v) is 6.29. The molecule has 4 heteroatoms. The third-order valence-corrected chi connectivity index (χ3v) is 3.93. The van der Waals surface area contributed by atoms with Crippen LogP contribution in [-0.2, 0) is 0 Å². The predicted octanol–water partition coefficient (Wildman–Crippen LogP) is 4.00. The van der Waals surface area contributed by atoms with Gasteiger partial charge in [0.1, 0.15) is 11.2 Å². The lowest BCUT2D eigenvalue weighted by Gasteiger charge is -2.11. The first-order valence-electron chi connectivity index (χ1n) is 5.50. The molecule has 3 nitrogen and oxygen atoms in total. The van der Waals surface area contributed by atoms with E-state index in [1.807, 2.05) is 12.1 Å². The minimum absolute atomic E-state index is 0.233. The summed E-state index contributed by atoms with van der Waals surface area (Å²) < 4.78 is 12.1. The first kappa shape index (κ1) is 10.9. The molecule has 3 aromatic rings. The van der Waals surface area contributed by atoms with Crippen LogP contribution in [0.3, 0.4) is 0 Å². The van der Waals surface area contributed by atoms with Gasteiger partial charge in [-0.2, -0.15) is 0 Å². The lowest BCUT2D eigenvalue weighted by atomic mass is 9.96. The molecule has 0 fully saturated rings. The van der Waals surface area contributed by atoms with Gasteiger partial charge in [-0.3, -0.25) is 0 Å². The third kappa shape index (κ3) is 1.44. The van der Waals surface area contributed by atoms with E-state index in [1.54, 1.807) is 12.5 Å². The minimum Gasteiger partial charge on any atom is -0.464 e. The molecule has 88 valence electrons. The van der Waals surface area contributed by atoms with E-state index in [0.717, 1.165) is 32.0 Å². The third-order valence-electron chi connectivity index (χ3n) is 3.15. The summed E-state index contributed by atoms with van der Waals surface area (Å²) >= 11 is 3.56. The quantitative estimate of drug-likeness (QED) is 0.777. The Morgan fingerprint density at radius 2 is 1.82 bits per heavy atom. The number of hydrogen-bond donors (Lipinski definition) is 1. The van der Waals surface area contributed by atoms with Crippen LogP contribution in [0.25, 0.3) is 21.9 Å². The van der Waals surface area contributed by atoms with E-state index < -0.39 is 0 Å². The highest BCUT2D eigenvalue weighted by Gasteiger charge is 2.20. The van der Waals surface area contributed by atoms with Crippen molar-refractivity contribution in [2.75, 3.05) is 6.54 Å². The summed E-state index contributed by atoms with van der Waals surface area (Å²) in [6, 6.07) is 3.90. The smallest absolute Gasteiger partial charge is 0.149 e. The van der Waals surface area contributed by atoms with E-state index in [0.29, 0.717) is 6.54 Å². The number of furan rings is 2. The van der Waals surface area contributed by atoms with E-state index >= 15 is 0 Å². The Morgan fingerprint density at radius 1 is 1.18 bits per heavy atom. The van der Waals surface area contributed by atoms with Gasteiger partial charge in [-0.05, 0) is 40.5 Å². The molecule has 0 spiro atoms. The molecular formula is C13H12BrNO2. The Hall–Kier alpha value is -1.26. The molecule has 0 saturated carbocycles. The van der Waals surface area contributed by atoms with Crippen LogP contribution in [0.1, 0.15) is 18.4 Å². The molecule has 2 aromatic heterocycles.